The number of benzene rings is 2. The van der Waals surface area contributed by atoms with Crippen molar-refractivity contribution in [3.63, 3.8) is 0 Å². The Morgan fingerprint density at radius 1 is 0.950 bits per heavy atom. The van der Waals surface area contributed by atoms with Crippen LogP contribution in [0.3, 0.4) is 0 Å². The Bertz CT molecular complexity index is 1390. The number of hydrogen-bond acceptors (Lipinski definition) is 7. The lowest BCUT2D eigenvalue weighted by atomic mass is 9.97. The summed E-state index contributed by atoms with van der Waals surface area (Å²) in [5.41, 5.74) is 2.42. The highest BCUT2D eigenvalue weighted by molar-refractivity contribution is 5.99. The van der Waals surface area contributed by atoms with E-state index in [0.717, 1.165) is 63.2 Å². The first kappa shape index (κ1) is 28.2. The van der Waals surface area contributed by atoms with Crippen LogP contribution in [0.25, 0.3) is 11.0 Å². The van der Waals surface area contributed by atoms with Gasteiger partial charge in [-0.25, -0.2) is 0 Å². The van der Waals surface area contributed by atoms with Gasteiger partial charge in [-0.15, -0.1) is 0 Å². The van der Waals surface area contributed by atoms with Crippen molar-refractivity contribution in [3.8, 4) is 11.5 Å². The number of unbranched alkanes of at least 4 members (excludes halogenated alkanes) is 3. The number of carbonyl (C=O) groups is 1. The minimum Gasteiger partial charge on any atom is -0.493 e. The summed E-state index contributed by atoms with van der Waals surface area (Å²) in [6.45, 7) is 9.33. The molecule has 3 aromatic rings. The molecule has 1 unspecified atom stereocenters. The molecule has 2 aliphatic rings. The zero-order valence-corrected chi connectivity index (χ0v) is 23.9. The van der Waals surface area contributed by atoms with Gasteiger partial charge < -0.3 is 23.5 Å². The van der Waals surface area contributed by atoms with Gasteiger partial charge in [-0.05, 0) is 49.6 Å². The quantitative estimate of drug-likeness (QED) is 0.283. The van der Waals surface area contributed by atoms with Gasteiger partial charge in [0.25, 0.3) is 5.91 Å². The SMILES string of the molecule is CCCCCCOc1ccc(C2c3c(oc4ccc(C)cc4c3=O)C(=O)N2CCCN2CCOCC2)cc1OC. The number of ether oxygens (including phenoxy) is 3. The van der Waals surface area contributed by atoms with Crippen molar-refractivity contribution in [2.75, 3.05) is 53.1 Å². The molecule has 0 aliphatic carbocycles. The van der Waals surface area contributed by atoms with Crippen LogP contribution in [0.4, 0.5) is 0 Å². The van der Waals surface area contributed by atoms with Gasteiger partial charge in [0.05, 0.1) is 43.9 Å². The molecule has 1 amide bonds. The molecule has 0 spiro atoms. The van der Waals surface area contributed by atoms with Crippen LogP contribution < -0.4 is 14.9 Å². The molecule has 1 saturated heterocycles. The van der Waals surface area contributed by atoms with Crippen LogP contribution in [0.15, 0.2) is 45.6 Å². The number of nitrogens with zero attached hydrogens (tertiary/aromatic N) is 2. The van der Waals surface area contributed by atoms with E-state index in [2.05, 4.69) is 11.8 Å². The molecule has 8 heteroatoms. The molecule has 8 nitrogen and oxygen atoms in total. The van der Waals surface area contributed by atoms with Crippen molar-refractivity contribution < 1.29 is 23.4 Å². The fraction of sp³-hybridized carbons (Fsp3) is 0.500. The van der Waals surface area contributed by atoms with Gasteiger partial charge in [0.2, 0.25) is 5.76 Å². The smallest absolute Gasteiger partial charge is 0.290 e. The standard InChI is InChI=1S/C32H40N2O6/c1-4-5-6-7-17-39-26-12-10-23(21-27(26)37-3)29-28-30(35)24-20-22(2)9-11-25(24)40-31(28)32(36)34(29)14-8-13-33-15-18-38-19-16-33/h9-12,20-21,29H,4-8,13-19H2,1-3H3. The maximum absolute atomic E-state index is 13.9. The molecule has 0 bridgehead atoms. The second-order valence-electron chi connectivity index (χ2n) is 10.7. The summed E-state index contributed by atoms with van der Waals surface area (Å²) in [6, 6.07) is 10.6. The van der Waals surface area contributed by atoms with Crippen molar-refractivity contribution >= 4 is 16.9 Å². The van der Waals surface area contributed by atoms with Gasteiger partial charge in [0.15, 0.2) is 16.9 Å². The molecule has 5 rings (SSSR count). The molecule has 40 heavy (non-hydrogen) atoms. The molecule has 0 radical (unpaired) electrons. The lowest BCUT2D eigenvalue weighted by molar-refractivity contribution is 0.0353. The van der Waals surface area contributed by atoms with Crippen LogP contribution in [0, 0.1) is 6.92 Å². The Hall–Kier alpha value is -3.36. The normalized spacial score (nSPS) is 17.4. The summed E-state index contributed by atoms with van der Waals surface area (Å²) >= 11 is 0. The first-order valence-electron chi connectivity index (χ1n) is 14.5. The fourth-order valence-electron chi connectivity index (χ4n) is 5.69. The van der Waals surface area contributed by atoms with E-state index in [1.165, 1.54) is 12.8 Å². The van der Waals surface area contributed by atoms with Gasteiger partial charge in [-0.1, -0.05) is 43.9 Å². The van der Waals surface area contributed by atoms with Gasteiger partial charge in [-0.3, -0.25) is 14.5 Å². The third-order valence-electron chi connectivity index (χ3n) is 7.86. The number of amides is 1. The second-order valence-corrected chi connectivity index (χ2v) is 10.7. The van der Waals surface area contributed by atoms with Gasteiger partial charge in [0, 0.05) is 26.2 Å². The highest BCUT2D eigenvalue weighted by Crippen LogP contribution is 2.41. The largest absolute Gasteiger partial charge is 0.493 e. The van der Waals surface area contributed by atoms with Crippen LogP contribution in [0.1, 0.15) is 72.3 Å². The predicted octanol–water partition coefficient (Wildman–Crippen LogP) is 5.34. The van der Waals surface area contributed by atoms with Crippen molar-refractivity contribution in [3.05, 3.63) is 69.1 Å². The molecule has 0 N–H and O–H groups in total. The number of fused-ring (bicyclic) bond motifs is 2. The Morgan fingerprint density at radius 2 is 1.77 bits per heavy atom. The molecule has 214 valence electrons. The lowest BCUT2D eigenvalue weighted by Crippen LogP contribution is -2.38. The minimum atomic E-state index is -0.569. The van der Waals surface area contributed by atoms with Crippen LogP contribution >= 0.6 is 0 Å². The fourth-order valence-corrected chi connectivity index (χ4v) is 5.69. The topological polar surface area (TPSA) is 81.5 Å². The third-order valence-corrected chi connectivity index (χ3v) is 7.86. The zero-order valence-electron chi connectivity index (χ0n) is 23.9. The van der Waals surface area contributed by atoms with Gasteiger partial charge in [0.1, 0.15) is 5.58 Å². The molecule has 1 atom stereocenters. The average Bonchev–Trinajstić information content (AvgIpc) is 3.25. The molecule has 2 aromatic carbocycles. The van der Waals surface area contributed by atoms with E-state index < -0.39 is 6.04 Å². The molecule has 1 aromatic heterocycles. The van der Waals surface area contributed by atoms with Crippen LogP contribution in [-0.2, 0) is 4.74 Å². The zero-order chi connectivity index (χ0) is 28.1. The van der Waals surface area contributed by atoms with E-state index in [-0.39, 0.29) is 17.1 Å². The number of morpholine rings is 1. The molecular formula is C32H40N2O6. The average molecular weight is 549 g/mol. The number of hydrogen-bond donors (Lipinski definition) is 0. The first-order chi connectivity index (χ1) is 19.5. The maximum Gasteiger partial charge on any atom is 0.290 e. The first-order valence-corrected chi connectivity index (χ1v) is 14.5. The number of methoxy groups -OCH3 is 1. The summed E-state index contributed by atoms with van der Waals surface area (Å²) in [4.78, 5) is 31.8. The van der Waals surface area contributed by atoms with Crippen LogP contribution in [0.2, 0.25) is 0 Å². The molecule has 1 fully saturated rings. The highest BCUT2D eigenvalue weighted by atomic mass is 16.5. The minimum absolute atomic E-state index is 0.132. The Morgan fingerprint density at radius 3 is 2.55 bits per heavy atom. The van der Waals surface area contributed by atoms with Crippen molar-refractivity contribution in [2.24, 2.45) is 0 Å². The Kier molecular flexibility index (Phi) is 9.07. The predicted molar refractivity (Wildman–Crippen MR) is 155 cm³/mol. The summed E-state index contributed by atoms with van der Waals surface area (Å²) in [6.07, 6.45) is 5.24. The molecular weight excluding hydrogens is 508 g/mol. The summed E-state index contributed by atoms with van der Waals surface area (Å²) < 4.78 is 23.3. The monoisotopic (exact) mass is 548 g/mol. The van der Waals surface area contributed by atoms with E-state index >= 15 is 0 Å². The molecule has 2 aliphatic heterocycles. The third kappa shape index (κ3) is 5.88. The summed E-state index contributed by atoms with van der Waals surface area (Å²) in [5.74, 6) is 1.13. The van der Waals surface area contributed by atoms with Crippen molar-refractivity contribution in [1.29, 1.82) is 0 Å². The Balaban J connectivity index is 1.48. The van der Waals surface area contributed by atoms with E-state index in [4.69, 9.17) is 18.6 Å². The van der Waals surface area contributed by atoms with E-state index in [1.54, 1.807) is 18.1 Å². The van der Waals surface area contributed by atoms with Crippen LogP contribution in [0.5, 0.6) is 11.5 Å². The summed E-state index contributed by atoms with van der Waals surface area (Å²) in [5, 5.41) is 0.491. The van der Waals surface area contributed by atoms with Gasteiger partial charge in [-0.2, -0.15) is 0 Å². The highest BCUT2D eigenvalue weighted by Gasteiger charge is 2.42. The lowest BCUT2D eigenvalue weighted by Gasteiger charge is -2.29. The molecule has 0 saturated carbocycles. The number of rotatable bonds is 12. The van der Waals surface area contributed by atoms with Crippen molar-refractivity contribution in [1.82, 2.24) is 9.80 Å². The Labute approximate surface area is 235 Å². The second kappa shape index (κ2) is 12.9. The van der Waals surface area contributed by atoms with Gasteiger partial charge >= 0.3 is 0 Å². The van der Waals surface area contributed by atoms with E-state index in [0.29, 0.717) is 41.2 Å². The van der Waals surface area contributed by atoms with E-state index in [1.807, 2.05) is 37.3 Å². The molecule has 3 heterocycles. The maximum atomic E-state index is 13.9. The number of carbonyl (C=O) groups excluding carboxylic acids is 1. The summed E-state index contributed by atoms with van der Waals surface area (Å²) in [7, 11) is 1.61. The van der Waals surface area contributed by atoms with Crippen LogP contribution in [-0.4, -0.2) is 68.8 Å². The number of aryl methyl sites for hydroxylation is 1. The van der Waals surface area contributed by atoms with E-state index in [9.17, 15) is 9.59 Å². The van der Waals surface area contributed by atoms with Crippen molar-refractivity contribution in [2.45, 2.75) is 52.0 Å².